The summed E-state index contributed by atoms with van der Waals surface area (Å²) in [6.07, 6.45) is 3.05. The van der Waals surface area contributed by atoms with Crippen molar-refractivity contribution in [1.29, 1.82) is 0 Å². The second kappa shape index (κ2) is 7.63. The van der Waals surface area contributed by atoms with Gasteiger partial charge in [0.1, 0.15) is 5.75 Å². The van der Waals surface area contributed by atoms with E-state index in [1.54, 1.807) is 12.3 Å². The molecule has 1 heterocycles. The Bertz CT molecular complexity index is 991. The molecule has 1 aromatic heterocycles. The second-order valence-electron chi connectivity index (χ2n) is 6.14. The van der Waals surface area contributed by atoms with Crippen molar-refractivity contribution in [2.24, 2.45) is 0 Å². The second-order valence-corrected chi connectivity index (χ2v) is 6.55. The molecule has 1 amide bonds. The first-order chi connectivity index (χ1) is 12.8. The van der Waals surface area contributed by atoms with E-state index in [2.05, 4.69) is 10.3 Å². The van der Waals surface area contributed by atoms with E-state index >= 15 is 0 Å². The van der Waals surface area contributed by atoms with Crippen LogP contribution in [0.3, 0.4) is 0 Å². The molecule has 0 atom stereocenters. The SMILES string of the molecule is CN(C)c1ccc(-c2cncc(C(=O)Nc3cc(Cl)c(O)cc3F)c2)cc1. The van der Waals surface area contributed by atoms with Crippen LogP contribution < -0.4 is 10.2 Å². The number of carbonyl (C=O) groups excluding carboxylic acids is 1. The molecule has 0 aliphatic rings. The first kappa shape index (κ1) is 18.7. The Balaban J connectivity index is 1.85. The number of phenolic OH excluding ortho intramolecular Hbond substituents is 1. The number of hydrogen-bond donors (Lipinski definition) is 2. The molecular formula is C20H17ClFN3O2. The maximum Gasteiger partial charge on any atom is 0.257 e. The van der Waals surface area contributed by atoms with Crippen LogP contribution in [0.5, 0.6) is 5.75 Å². The van der Waals surface area contributed by atoms with E-state index < -0.39 is 17.5 Å². The van der Waals surface area contributed by atoms with Crippen molar-refractivity contribution < 1.29 is 14.3 Å². The summed E-state index contributed by atoms with van der Waals surface area (Å²) in [4.78, 5) is 18.6. The summed E-state index contributed by atoms with van der Waals surface area (Å²) < 4.78 is 13.9. The largest absolute Gasteiger partial charge is 0.506 e. The Labute approximate surface area is 161 Å². The van der Waals surface area contributed by atoms with Crippen molar-refractivity contribution >= 4 is 28.9 Å². The van der Waals surface area contributed by atoms with E-state index in [0.29, 0.717) is 0 Å². The van der Waals surface area contributed by atoms with Gasteiger partial charge in [0.15, 0.2) is 5.82 Å². The number of nitrogens with zero attached hydrogens (tertiary/aromatic N) is 2. The van der Waals surface area contributed by atoms with Crippen LogP contribution in [-0.4, -0.2) is 30.1 Å². The lowest BCUT2D eigenvalue weighted by Gasteiger charge is -2.13. The highest BCUT2D eigenvalue weighted by Crippen LogP contribution is 2.29. The van der Waals surface area contributed by atoms with E-state index in [1.165, 1.54) is 6.20 Å². The summed E-state index contributed by atoms with van der Waals surface area (Å²) in [5.41, 5.74) is 2.87. The number of amides is 1. The third-order valence-electron chi connectivity index (χ3n) is 4.00. The van der Waals surface area contributed by atoms with E-state index in [9.17, 15) is 14.3 Å². The summed E-state index contributed by atoms with van der Waals surface area (Å²) >= 11 is 5.77. The fraction of sp³-hybridized carbons (Fsp3) is 0.100. The molecule has 0 spiro atoms. The summed E-state index contributed by atoms with van der Waals surface area (Å²) in [5.74, 6) is -1.71. The van der Waals surface area contributed by atoms with Crippen molar-refractivity contribution in [2.75, 3.05) is 24.3 Å². The Morgan fingerprint density at radius 3 is 2.48 bits per heavy atom. The lowest BCUT2D eigenvalue weighted by Crippen LogP contribution is -2.13. The molecular weight excluding hydrogens is 369 g/mol. The van der Waals surface area contributed by atoms with Crippen molar-refractivity contribution in [2.45, 2.75) is 0 Å². The Morgan fingerprint density at radius 2 is 1.81 bits per heavy atom. The maximum absolute atomic E-state index is 13.9. The number of phenols is 1. The number of pyridine rings is 1. The molecule has 0 radical (unpaired) electrons. The third-order valence-corrected chi connectivity index (χ3v) is 4.30. The molecule has 27 heavy (non-hydrogen) atoms. The smallest absolute Gasteiger partial charge is 0.257 e. The van der Waals surface area contributed by atoms with Crippen molar-refractivity contribution in [3.8, 4) is 16.9 Å². The van der Waals surface area contributed by atoms with Gasteiger partial charge in [-0.2, -0.15) is 0 Å². The number of rotatable bonds is 4. The molecule has 0 saturated carbocycles. The number of nitrogens with one attached hydrogen (secondary N) is 1. The standard InChI is InChI=1S/C20H17ClFN3O2/c1-25(2)15-5-3-12(4-6-15)13-7-14(11-23-10-13)20(27)24-18-8-16(21)19(26)9-17(18)22/h3-11,26H,1-2H3,(H,24,27). The van der Waals surface area contributed by atoms with Crippen LogP contribution >= 0.6 is 11.6 Å². The predicted molar refractivity (Wildman–Crippen MR) is 105 cm³/mol. The van der Waals surface area contributed by atoms with Gasteiger partial charge in [0.2, 0.25) is 0 Å². The fourth-order valence-electron chi connectivity index (χ4n) is 2.50. The number of aromatic nitrogens is 1. The van der Waals surface area contributed by atoms with Gasteiger partial charge in [0, 0.05) is 43.8 Å². The minimum Gasteiger partial charge on any atom is -0.506 e. The van der Waals surface area contributed by atoms with Crippen molar-refractivity contribution in [3.63, 3.8) is 0 Å². The molecule has 0 aliphatic heterocycles. The average molecular weight is 386 g/mol. The van der Waals surface area contributed by atoms with Crippen LogP contribution in [0.4, 0.5) is 15.8 Å². The fourth-order valence-corrected chi connectivity index (χ4v) is 2.66. The molecule has 0 aliphatic carbocycles. The van der Waals surface area contributed by atoms with Crippen molar-refractivity contribution in [1.82, 2.24) is 4.98 Å². The van der Waals surface area contributed by atoms with Crippen molar-refractivity contribution in [3.05, 3.63) is 71.3 Å². The molecule has 7 heteroatoms. The highest BCUT2D eigenvalue weighted by atomic mass is 35.5. The molecule has 0 bridgehead atoms. The maximum atomic E-state index is 13.9. The monoisotopic (exact) mass is 385 g/mol. The van der Waals surface area contributed by atoms with Gasteiger partial charge in [-0.1, -0.05) is 23.7 Å². The Hall–Kier alpha value is -3.12. The Morgan fingerprint density at radius 1 is 1.11 bits per heavy atom. The zero-order valence-electron chi connectivity index (χ0n) is 14.7. The molecule has 138 valence electrons. The Kier molecular flexibility index (Phi) is 5.28. The van der Waals surface area contributed by atoms with Crippen LogP contribution in [0.1, 0.15) is 10.4 Å². The van der Waals surface area contributed by atoms with Gasteiger partial charge < -0.3 is 15.3 Å². The van der Waals surface area contributed by atoms with Crippen LogP contribution in [0.15, 0.2) is 54.9 Å². The lowest BCUT2D eigenvalue weighted by molar-refractivity contribution is 0.102. The lowest BCUT2D eigenvalue weighted by atomic mass is 10.1. The summed E-state index contributed by atoms with van der Waals surface area (Å²) in [5, 5.41) is 11.8. The number of benzene rings is 2. The highest BCUT2D eigenvalue weighted by molar-refractivity contribution is 6.32. The van der Waals surface area contributed by atoms with Gasteiger partial charge in [-0.05, 0) is 29.8 Å². The molecule has 0 fully saturated rings. The van der Waals surface area contributed by atoms with E-state index in [1.807, 2.05) is 43.3 Å². The summed E-state index contributed by atoms with van der Waals surface area (Å²) in [6.45, 7) is 0. The van der Waals surface area contributed by atoms with Crippen LogP contribution in [0.25, 0.3) is 11.1 Å². The van der Waals surface area contributed by atoms with Crippen LogP contribution in [0, 0.1) is 5.82 Å². The summed E-state index contributed by atoms with van der Waals surface area (Å²) in [7, 11) is 3.91. The normalized spacial score (nSPS) is 10.5. The first-order valence-corrected chi connectivity index (χ1v) is 8.45. The zero-order valence-corrected chi connectivity index (χ0v) is 15.5. The zero-order chi connectivity index (χ0) is 19.6. The highest BCUT2D eigenvalue weighted by Gasteiger charge is 2.13. The van der Waals surface area contributed by atoms with Gasteiger partial charge in [-0.25, -0.2) is 4.39 Å². The minimum atomic E-state index is -0.784. The van der Waals surface area contributed by atoms with E-state index in [0.717, 1.165) is 28.9 Å². The molecule has 3 rings (SSSR count). The van der Waals surface area contributed by atoms with Crippen LogP contribution in [0.2, 0.25) is 5.02 Å². The molecule has 5 nitrogen and oxygen atoms in total. The van der Waals surface area contributed by atoms with Gasteiger partial charge in [-0.15, -0.1) is 0 Å². The molecule has 3 aromatic rings. The predicted octanol–water partition coefficient (Wildman–Crippen LogP) is 4.57. The topological polar surface area (TPSA) is 65.5 Å². The van der Waals surface area contributed by atoms with Gasteiger partial charge in [0.05, 0.1) is 16.3 Å². The van der Waals surface area contributed by atoms with E-state index in [4.69, 9.17) is 11.6 Å². The van der Waals surface area contributed by atoms with Gasteiger partial charge >= 0.3 is 0 Å². The number of hydrogen-bond acceptors (Lipinski definition) is 4. The van der Waals surface area contributed by atoms with E-state index in [-0.39, 0.29) is 16.3 Å². The third kappa shape index (κ3) is 4.17. The molecule has 2 aromatic carbocycles. The number of halogens is 2. The first-order valence-electron chi connectivity index (χ1n) is 8.07. The van der Waals surface area contributed by atoms with Gasteiger partial charge in [0.25, 0.3) is 5.91 Å². The molecule has 2 N–H and O–H groups in total. The minimum absolute atomic E-state index is 0.0560. The number of anilines is 2. The summed E-state index contributed by atoms with van der Waals surface area (Å²) in [6, 6.07) is 11.5. The number of carbonyl (C=O) groups is 1. The number of aromatic hydroxyl groups is 1. The average Bonchev–Trinajstić information content (AvgIpc) is 2.66. The molecule has 0 saturated heterocycles. The van der Waals surface area contributed by atoms with Crippen LogP contribution in [-0.2, 0) is 0 Å². The quantitative estimate of drug-likeness (QED) is 0.646. The van der Waals surface area contributed by atoms with Gasteiger partial charge in [-0.3, -0.25) is 9.78 Å². The molecule has 0 unspecified atom stereocenters.